The molecule has 0 saturated heterocycles. The van der Waals surface area contributed by atoms with E-state index >= 15 is 0 Å². The standard InChI is InChI=1S/C19H10Cl6N2O5/c20-7-1-2-9(8(21)5-7)26-10(28)6-32-11(29)3-4-27-18(30)12-13(19(27)31)15(23)17(25)16(24)14(12)22/h1-2,5H,3-4,6H2,(H,26,28). The molecule has 168 valence electrons. The number of ether oxygens (including phenoxy) is 1. The highest BCUT2D eigenvalue weighted by atomic mass is 35.5. The fourth-order valence-electron chi connectivity index (χ4n) is 2.80. The van der Waals surface area contributed by atoms with E-state index in [-0.39, 0.29) is 54.9 Å². The summed E-state index contributed by atoms with van der Waals surface area (Å²) in [5.41, 5.74) is -0.0958. The zero-order valence-corrected chi connectivity index (χ0v) is 20.1. The maximum absolute atomic E-state index is 12.6. The van der Waals surface area contributed by atoms with Gasteiger partial charge in [-0.2, -0.15) is 0 Å². The van der Waals surface area contributed by atoms with Gasteiger partial charge >= 0.3 is 5.97 Å². The minimum Gasteiger partial charge on any atom is -0.456 e. The smallest absolute Gasteiger partial charge is 0.308 e. The van der Waals surface area contributed by atoms with Crippen LogP contribution in [0.4, 0.5) is 5.69 Å². The van der Waals surface area contributed by atoms with Gasteiger partial charge in [0.05, 0.1) is 48.3 Å². The molecule has 1 N–H and O–H groups in total. The zero-order valence-electron chi connectivity index (χ0n) is 15.6. The molecule has 13 heteroatoms. The fraction of sp³-hybridized carbons (Fsp3) is 0.158. The number of imide groups is 1. The number of carbonyl (C=O) groups is 4. The molecule has 2 aromatic rings. The first-order chi connectivity index (χ1) is 15.0. The van der Waals surface area contributed by atoms with Crippen LogP contribution in [0.5, 0.6) is 0 Å². The lowest BCUT2D eigenvalue weighted by Crippen LogP contribution is -2.32. The van der Waals surface area contributed by atoms with Gasteiger partial charge in [0, 0.05) is 11.6 Å². The van der Waals surface area contributed by atoms with Gasteiger partial charge in [0.1, 0.15) is 0 Å². The summed E-state index contributed by atoms with van der Waals surface area (Å²) in [6.45, 7) is -0.944. The molecule has 1 heterocycles. The number of nitrogens with one attached hydrogen (secondary N) is 1. The van der Waals surface area contributed by atoms with Gasteiger partial charge in [0.25, 0.3) is 17.7 Å². The Hall–Kier alpha value is -1.74. The van der Waals surface area contributed by atoms with Crippen molar-refractivity contribution in [2.45, 2.75) is 6.42 Å². The minimum absolute atomic E-state index is 0.161. The highest BCUT2D eigenvalue weighted by Crippen LogP contribution is 2.44. The van der Waals surface area contributed by atoms with Gasteiger partial charge in [-0.25, -0.2) is 0 Å². The number of anilines is 1. The largest absolute Gasteiger partial charge is 0.456 e. The summed E-state index contributed by atoms with van der Waals surface area (Å²) in [6, 6.07) is 4.45. The number of halogens is 6. The summed E-state index contributed by atoms with van der Waals surface area (Å²) in [6.07, 6.45) is -0.378. The van der Waals surface area contributed by atoms with Crippen molar-refractivity contribution >= 4 is 99.0 Å². The molecule has 0 aliphatic carbocycles. The molecule has 7 nitrogen and oxygen atoms in total. The highest BCUT2D eigenvalue weighted by molar-refractivity contribution is 6.55. The van der Waals surface area contributed by atoms with E-state index in [1.54, 1.807) is 0 Å². The molecule has 1 aliphatic heterocycles. The van der Waals surface area contributed by atoms with Crippen LogP contribution in [0.3, 0.4) is 0 Å². The van der Waals surface area contributed by atoms with Crippen LogP contribution in [-0.2, 0) is 14.3 Å². The second-order valence-electron chi connectivity index (χ2n) is 6.35. The maximum atomic E-state index is 12.6. The van der Waals surface area contributed by atoms with Crippen molar-refractivity contribution < 1.29 is 23.9 Å². The molecule has 0 spiro atoms. The van der Waals surface area contributed by atoms with E-state index in [0.717, 1.165) is 4.90 Å². The van der Waals surface area contributed by atoms with Gasteiger partial charge in [0.15, 0.2) is 6.61 Å². The third kappa shape index (κ3) is 4.93. The first-order valence-electron chi connectivity index (χ1n) is 8.65. The second kappa shape index (κ2) is 10.0. The average Bonchev–Trinajstić information content (AvgIpc) is 2.99. The van der Waals surface area contributed by atoms with Gasteiger partial charge in [-0.3, -0.25) is 24.1 Å². The average molecular weight is 559 g/mol. The molecule has 0 atom stereocenters. The van der Waals surface area contributed by atoms with Crippen molar-refractivity contribution in [2.24, 2.45) is 0 Å². The first-order valence-corrected chi connectivity index (χ1v) is 10.9. The molecule has 3 rings (SSSR count). The third-order valence-electron chi connectivity index (χ3n) is 4.29. The van der Waals surface area contributed by atoms with Gasteiger partial charge in [0.2, 0.25) is 0 Å². The number of rotatable bonds is 6. The fourth-order valence-corrected chi connectivity index (χ4v) is 4.27. The number of hydrogen-bond acceptors (Lipinski definition) is 5. The SMILES string of the molecule is O=C(COC(=O)CCN1C(=O)c2c(Cl)c(Cl)c(Cl)c(Cl)c2C1=O)Nc1ccc(Cl)cc1Cl. The van der Waals surface area contributed by atoms with Crippen molar-refractivity contribution in [3.05, 3.63) is 59.5 Å². The van der Waals surface area contributed by atoms with Crippen LogP contribution in [0.15, 0.2) is 18.2 Å². The van der Waals surface area contributed by atoms with Crippen molar-refractivity contribution in [3.8, 4) is 0 Å². The predicted octanol–water partition coefficient (Wildman–Crippen LogP) is 5.78. The van der Waals surface area contributed by atoms with Crippen LogP contribution in [-0.4, -0.2) is 41.7 Å². The Morgan fingerprint density at radius 3 is 1.97 bits per heavy atom. The Bertz CT molecular complexity index is 1120. The van der Waals surface area contributed by atoms with E-state index in [1.165, 1.54) is 18.2 Å². The lowest BCUT2D eigenvalue weighted by atomic mass is 10.1. The molecule has 3 amide bonds. The van der Waals surface area contributed by atoms with E-state index in [0.29, 0.717) is 5.02 Å². The molecule has 0 radical (unpaired) electrons. The van der Waals surface area contributed by atoms with Gasteiger partial charge in [-0.1, -0.05) is 69.6 Å². The summed E-state index contributed by atoms with van der Waals surface area (Å²) < 4.78 is 4.87. The number of amides is 3. The van der Waals surface area contributed by atoms with Gasteiger partial charge in [-0.05, 0) is 18.2 Å². The topological polar surface area (TPSA) is 92.8 Å². The highest BCUT2D eigenvalue weighted by Gasteiger charge is 2.41. The zero-order chi connectivity index (χ0) is 23.7. The van der Waals surface area contributed by atoms with E-state index in [2.05, 4.69) is 5.32 Å². The number of fused-ring (bicyclic) bond motifs is 1. The molecular weight excluding hydrogens is 549 g/mol. The summed E-state index contributed by atoms with van der Waals surface area (Å²) >= 11 is 35.7. The molecule has 0 fully saturated rings. The third-order valence-corrected chi connectivity index (χ3v) is 6.64. The van der Waals surface area contributed by atoms with Crippen molar-refractivity contribution in [3.63, 3.8) is 0 Å². The molecule has 1 aliphatic rings. The second-order valence-corrected chi connectivity index (χ2v) is 8.71. The molecule has 0 saturated carbocycles. The number of carbonyl (C=O) groups excluding carboxylic acids is 4. The maximum Gasteiger partial charge on any atom is 0.308 e. The van der Waals surface area contributed by atoms with Crippen molar-refractivity contribution in [2.75, 3.05) is 18.5 Å². The van der Waals surface area contributed by atoms with Crippen LogP contribution in [0, 0.1) is 0 Å². The van der Waals surface area contributed by atoms with Crippen LogP contribution in [0.1, 0.15) is 27.1 Å². The van der Waals surface area contributed by atoms with E-state index in [1.807, 2.05) is 0 Å². The van der Waals surface area contributed by atoms with Crippen molar-refractivity contribution in [1.82, 2.24) is 4.90 Å². The summed E-state index contributed by atoms with van der Waals surface area (Å²) in [5, 5.41) is 2.31. The first kappa shape index (κ1) is 24.9. The number of hydrogen-bond donors (Lipinski definition) is 1. The van der Waals surface area contributed by atoms with E-state index < -0.39 is 30.3 Å². The normalized spacial score (nSPS) is 12.8. The molecule has 0 aromatic heterocycles. The summed E-state index contributed by atoms with van der Waals surface area (Å²) in [4.78, 5) is 49.9. The Labute approximate surface area is 211 Å². The molecule has 0 bridgehead atoms. The monoisotopic (exact) mass is 556 g/mol. The Morgan fingerprint density at radius 1 is 0.875 bits per heavy atom. The van der Waals surface area contributed by atoms with Gasteiger partial charge in [-0.15, -0.1) is 0 Å². The van der Waals surface area contributed by atoms with Crippen LogP contribution < -0.4 is 5.32 Å². The summed E-state index contributed by atoms with van der Waals surface area (Å²) in [5.74, 6) is -3.03. The van der Waals surface area contributed by atoms with Crippen LogP contribution >= 0.6 is 69.6 Å². The van der Waals surface area contributed by atoms with E-state index in [4.69, 9.17) is 74.3 Å². The molecule has 0 unspecified atom stereocenters. The lowest BCUT2D eigenvalue weighted by molar-refractivity contribution is -0.147. The molecule has 2 aromatic carbocycles. The Kier molecular flexibility index (Phi) is 7.81. The van der Waals surface area contributed by atoms with E-state index in [9.17, 15) is 19.2 Å². The minimum atomic E-state index is -0.827. The lowest BCUT2D eigenvalue weighted by Gasteiger charge is -2.13. The Balaban J connectivity index is 1.57. The summed E-state index contributed by atoms with van der Waals surface area (Å²) in [7, 11) is 0. The number of esters is 1. The molecular formula is C19H10Cl6N2O5. The van der Waals surface area contributed by atoms with Crippen molar-refractivity contribution in [1.29, 1.82) is 0 Å². The van der Waals surface area contributed by atoms with Gasteiger partial charge < -0.3 is 10.1 Å². The molecule has 32 heavy (non-hydrogen) atoms. The predicted molar refractivity (Wildman–Crippen MR) is 123 cm³/mol. The number of nitrogens with zero attached hydrogens (tertiary/aromatic N) is 1. The quantitative estimate of drug-likeness (QED) is 0.210. The van der Waals surface area contributed by atoms with Crippen LogP contribution in [0.25, 0.3) is 0 Å². The number of benzene rings is 2. The Morgan fingerprint density at radius 2 is 1.44 bits per heavy atom. The van der Waals surface area contributed by atoms with Crippen LogP contribution in [0.2, 0.25) is 30.1 Å².